The molecule has 0 fully saturated rings. The lowest BCUT2D eigenvalue weighted by Gasteiger charge is -2.20. The molecule has 0 radical (unpaired) electrons. The molecule has 0 N–H and O–H groups in total. The number of aromatic nitrogens is 6. The number of benzene rings is 6. The average Bonchev–Trinajstić information content (AvgIpc) is 3.72. The Hall–Kier alpha value is -6.44. The Morgan fingerprint density at radius 1 is 0.540 bits per heavy atom. The maximum absolute atomic E-state index is 14.4. The van der Waals surface area contributed by atoms with Crippen LogP contribution in [0.3, 0.4) is 0 Å². The molecule has 0 bridgehead atoms. The van der Waals surface area contributed by atoms with Gasteiger partial charge in [0, 0.05) is 38.0 Å². The van der Waals surface area contributed by atoms with Crippen molar-refractivity contribution in [2.75, 3.05) is 0 Å². The fraction of sp³-hybridized carbons (Fsp3) is 0.0250. The van der Waals surface area contributed by atoms with E-state index in [9.17, 15) is 9.59 Å². The van der Waals surface area contributed by atoms with Crippen LogP contribution in [0.25, 0.3) is 98.3 Å². The van der Waals surface area contributed by atoms with Gasteiger partial charge in [-0.25, -0.2) is 29.3 Å². The molecule has 1 aliphatic carbocycles. The van der Waals surface area contributed by atoms with Gasteiger partial charge < -0.3 is 0 Å². The number of aliphatic imine (C=N–C) groups is 1. The smallest absolute Gasteiger partial charge is 0.266 e. The molecule has 13 rings (SSSR count). The van der Waals surface area contributed by atoms with Crippen LogP contribution < -0.4 is 16.6 Å². The second-order valence-electron chi connectivity index (χ2n) is 13.2. The van der Waals surface area contributed by atoms with Crippen LogP contribution in [0.1, 0.15) is 0 Å². The summed E-state index contributed by atoms with van der Waals surface area (Å²) in [4.78, 5) is 53.1. The monoisotopic (exact) mass is 659 g/mol. The SMILES string of the molecule is O=c1c2ccc3c4ccc5c6c(ccc(c7ccc(c2c73)c2nc3c(n12)PC1C=CC=CC1=N3)c46)c(=O)n1c2nc3ccccc3nc2nc51. The van der Waals surface area contributed by atoms with Gasteiger partial charge in [0.15, 0.2) is 28.4 Å². The third-order valence-corrected chi connectivity index (χ3v) is 12.3. The predicted molar refractivity (Wildman–Crippen MR) is 203 cm³/mol. The van der Waals surface area contributed by atoms with Crippen molar-refractivity contribution in [1.29, 1.82) is 0 Å². The normalized spacial score (nSPS) is 16.7. The first-order chi connectivity index (χ1) is 24.6. The molecule has 2 unspecified atom stereocenters. The first kappa shape index (κ1) is 25.6. The number of hydrogen-bond acceptors (Lipinski definition) is 7. The molecule has 230 valence electrons. The van der Waals surface area contributed by atoms with Crippen molar-refractivity contribution in [2.45, 2.75) is 5.66 Å². The van der Waals surface area contributed by atoms with Crippen molar-refractivity contribution in [1.82, 2.24) is 28.7 Å². The summed E-state index contributed by atoms with van der Waals surface area (Å²) in [5, 5.41) is 11.0. The molecule has 10 heteroatoms. The van der Waals surface area contributed by atoms with Gasteiger partial charge in [0.25, 0.3) is 11.1 Å². The highest BCUT2D eigenvalue weighted by atomic mass is 31.1. The molecule has 9 nitrogen and oxygen atoms in total. The second kappa shape index (κ2) is 8.40. The Labute approximate surface area is 280 Å². The molecular formula is C40H18N7O2P. The third kappa shape index (κ3) is 2.83. The van der Waals surface area contributed by atoms with Gasteiger partial charge in [0.2, 0.25) is 0 Å². The molecule has 1 aliphatic heterocycles. The zero-order chi connectivity index (χ0) is 32.6. The maximum atomic E-state index is 14.4. The molecule has 50 heavy (non-hydrogen) atoms. The van der Waals surface area contributed by atoms with Crippen LogP contribution in [-0.4, -0.2) is 40.1 Å². The van der Waals surface area contributed by atoms with Crippen molar-refractivity contribution in [2.24, 2.45) is 4.99 Å². The minimum atomic E-state index is -0.171. The summed E-state index contributed by atoms with van der Waals surface area (Å²) in [5.41, 5.74) is 5.33. The maximum Gasteiger partial charge on any atom is 0.266 e. The fourth-order valence-corrected chi connectivity index (χ4v) is 10.1. The minimum Gasteiger partial charge on any atom is -0.268 e. The Kier molecular flexibility index (Phi) is 4.29. The van der Waals surface area contributed by atoms with E-state index in [1.807, 2.05) is 60.7 Å². The molecule has 0 amide bonds. The summed E-state index contributed by atoms with van der Waals surface area (Å²) in [6, 6.07) is 24.0. The summed E-state index contributed by atoms with van der Waals surface area (Å²) < 4.78 is 3.41. The quantitative estimate of drug-likeness (QED) is 0.0995. The highest BCUT2D eigenvalue weighted by Crippen LogP contribution is 2.46. The number of allylic oxidation sites excluding steroid dienone is 4. The predicted octanol–water partition coefficient (Wildman–Crippen LogP) is 6.92. The number of nitrogens with zero attached hydrogens (tertiary/aromatic N) is 7. The average molecular weight is 660 g/mol. The first-order valence-electron chi connectivity index (χ1n) is 16.4. The fourth-order valence-electron chi connectivity index (χ4n) is 8.71. The van der Waals surface area contributed by atoms with Gasteiger partial charge in [-0.3, -0.25) is 14.0 Å². The van der Waals surface area contributed by atoms with Crippen LogP contribution in [0.2, 0.25) is 0 Å². The van der Waals surface area contributed by atoms with Gasteiger partial charge in [0.05, 0.1) is 22.2 Å². The molecular weight excluding hydrogens is 641 g/mol. The molecule has 0 spiro atoms. The second-order valence-corrected chi connectivity index (χ2v) is 14.6. The van der Waals surface area contributed by atoms with Crippen LogP contribution >= 0.6 is 8.58 Å². The molecule has 5 aromatic heterocycles. The molecule has 6 aromatic carbocycles. The van der Waals surface area contributed by atoms with E-state index >= 15 is 0 Å². The molecule has 6 heterocycles. The van der Waals surface area contributed by atoms with Crippen LogP contribution in [0, 0.1) is 0 Å². The lowest BCUT2D eigenvalue weighted by atomic mass is 9.86. The van der Waals surface area contributed by atoms with E-state index in [0.29, 0.717) is 53.3 Å². The molecule has 11 aromatic rings. The van der Waals surface area contributed by atoms with E-state index in [1.165, 1.54) is 0 Å². The van der Waals surface area contributed by atoms with Crippen LogP contribution in [0.15, 0.2) is 112 Å². The Balaban J connectivity index is 1.17. The van der Waals surface area contributed by atoms with E-state index in [4.69, 9.17) is 24.9 Å². The summed E-state index contributed by atoms with van der Waals surface area (Å²) in [6.07, 6.45) is 8.23. The number of para-hydroxylation sites is 2. The topological polar surface area (TPSA) is 107 Å². The van der Waals surface area contributed by atoms with Crippen molar-refractivity contribution in [3.8, 4) is 0 Å². The van der Waals surface area contributed by atoms with Gasteiger partial charge in [-0.1, -0.05) is 63.2 Å². The molecule has 0 saturated carbocycles. The highest BCUT2D eigenvalue weighted by molar-refractivity contribution is 7.50. The van der Waals surface area contributed by atoms with E-state index in [1.54, 1.807) is 8.80 Å². The summed E-state index contributed by atoms with van der Waals surface area (Å²) in [6.45, 7) is 0. The summed E-state index contributed by atoms with van der Waals surface area (Å²) in [5.74, 6) is 0.633. The van der Waals surface area contributed by atoms with E-state index in [2.05, 4.69) is 36.4 Å². The van der Waals surface area contributed by atoms with Gasteiger partial charge in [-0.2, -0.15) is 0 Å². The van der Waals surface area contributed by atoms with Crippen LogP contribution in [0.4, 0.5) is 5.82 Å². The number of fused-ring (bicyclic) bond motifs is 12. The number of pyridine rings is 2. The zero-order valence-electron chi connectivity index (χ0n) is 25.8. The zero-order valence-corrected chi connectivity index (χ0v) is 26.8. The van der Waals surface area contributed by atoms with Crippen molar-refractivity contribution in [3.63, 3.8) is 0 Å². The van der Waals surface area contributed by atoms with E-state index < -0.39 is 0 Å². The Morgan fingerprint density at radius 2 is 1.10 bits per heavy atom. The number of hydrogen-bond donors (Lipinski definition) is 0. The van der Waals surface area contributed by atoms with Gasteiger partial charge in [-0.05, 0) is 74.8 Å². The van der Waals surface area contributed by atoms with E-state index in [-0.39, 0.29) is 16.8 Å². The number of rotatable bonds is 0. The van der Waals surface area contributed by atoms with Gasteiger partial charge in [-0.15, -0.1) is 0 Å². The van der Waals surface area contributed by atoms with Crippen molar-refractivity contribution >= 4 is 124 Å². The highest BCUT2D eigenvalue weighted by Gasteiger charge is 2.29. The molecule has 0 saturated heterocycles. The van der Waals surface area contributed by atoms with Gasteiger partial charge >= 0.3 is 0 Å². The summed E-state index contributed by atoms with van der Waals surface area (Å²) in [7, 11) is 0.366. The summed E-state index contributed by atoms with van der Waals surface area (Å²) >= 11 is 0. The van der Waals surface area contributed by atoms with Crippen molar-refractivity contribution < 1.29 is 0 Å². The largest absolute Gasteiger partial charge is 0.268 e. The Bertz CT molecular complexity index is 3620. The lowest BCUT2D eigenvalue weighted by Crippen LogP contribution is -2.27. The van der Waals surface area contributed by atoms with Crippen molar-refractivity contribution in [3.05, 3.63) is 118 Å². The van der Waals surface area contributed by atoms with Gasteiger partial charge in [0.1, 0.15) is 0 Å². The van der Waals surface area contributed by atoms with Crippen LogP contribution in [0.5, 0.6) is 0 Å². The number of imidazole rings is 2. The molecule has 2 aliphatic rings. The Morgan fingerprint density at radius 3 is 1.78 bits per heavy atom. The van der Waals surface area contributed by atoms with E-state index in [0.717, 1.165) is 70.5 Å². The third-order valence-electron chi connectivity index (χ3n) is 10.8. The lowest BCUT2D eigenvalue weighted by molar-refractivity contribution is 1.16. The van der Waals surface area contributed by atoms with Crippen LogP contribution in [-0.2, 0) is 0 Å². The standard InChI is InChI=1S/C40H18N7O2P/c48-38-23-15-11-19-18-10-14-22-32-24(39(49)47-36(22)45-34-40(47)50-28-8-4-3-7-27(28)42-34)16-12-20(30(18)32)17-9-13-21(31(23)29(17)19)35-44-33-37(46(35)38)43-26-6-2-1-5-25(26)41-33/h1-16,28,50H. The molecule has 2 atom stereocenters. The first-order valence-corrected chi connectivity index (χ1v) is 17.5. The minimum absolute atomic E-state index is 0.0677.